The third-order valence-corrected chi connectivity index (χ3v) is 4.13. The molecule has 1 aliphatic rings. The van der Waals surface area contributed by atoms with Crippen LogP contribution in [0.15, 0.2) is 36.4 Å². The second-order valence-electron chi connectivity index (χ2n) is 5.09. The van der Waals surface area contributed by atoms with Crippen LogP contribution in [-0.2, 0) is 6.54 Å². The molecule has 0 unspecified atom stereocenters. The molecule has 4 heteroatoms. The zero-order valence-electron chi connectivity index (χ0n) is 10.8. The first-order chi connectivity index (χ1) is 9.63. The van der Waals surface area contributed by atoms with Crippen molar-refractivity contribution < 1.29 is 4.39 Å². The molecule has 20 heavy (non-hydrogen) atoms. The molecule has 2 aromatic carbocycles. The average Bonchev–Trinajstić information content (AvgIpc) is 3.22. The van der Waals surface area contributed by atoms with Gasteiger partial charge in [0.2, 0.25) is 0 Å². The Bertz CT molecular complexity index is 638. The van der Waals surface area contributed by atoms with Crippen LogP contribution in [0.25, 0.3) is 11.1 Å². The first-order valence-electron chi connectivity index (χ1n) is 6.61. The van der Waals surface area contributed by atoms with Crippen LogP contribution in [0.4, 0.5) is 4.39 Å². The fourth-order valence-corrected chi connectivity index (χ4v) is 2.60. The van der Waals surface area contributed by atoms with E-state index in [1.54, 1.807) is 6.07 Å². The quantitative estimate of drug-likeness (QED) is 0.833. The first-order valence-corrected chi connectivity index (χ1v) is 7.36. The molecule has 2 aromatic rings. The maximum Gasteiger partial charge on any atom is 0.124 e. The predicted octanol–water partition coefficient (Wildman–Crippen LogP) is 5.05. The summed E-state index contributed by atoms with van der Waals surface area (Å²) in [6, 6.07) is 10.8. The Labute approximate surface area is 127 Å². The van der Waals surface area contributed by atoms with Crippen LogP contribution < -0.4 is 5.32 Å². The van der Waals surface area contributed by atoms with Gasteiger partial charge in [-0.2, -0.15) is 0 Å². The van der Waals surface area contributed by atoms with E-state index >= 15 is 0 Å². The Morgan fingerprint density at radius 1 is 1.05 bits per heavy atom. The zero-order chi connectivity index (χ0) is 14.1. The van der Waals surface area contributed by atoms with E-state index in [9.17, 15) is 4.39 Å². The molecule has 104 valence electrons. The van der Waals surface area contributed by atoms with Crippen LogP contribution in [0.2, 0.25) is 10.0 Å². The van der Waals surface area contributed by atoms with E-state index in [1.165, 1.54) is 25.0 Å². The SMILES string of the molecule is Fc1ccc(-c2ccc(Cl)c(CNC3CC3)c2)c(Cl)c1. The Hall–Kier alpha value is -1.09. The summed E-state index contributed by atoms with van der Waals surface area (Å²) in [6.07, 6.45) is 2.47. The van der Waals surface area contributed by atoms with E-state index in [-0.39, 0.29) is 5.82 Å². The maximum absolute atomic E-state index is 13.1. The lowest BCUT2D eigenvalue weighted by Crippen LogP contribution is -2.15. The third kappa shape index (κ3) is 3.14. The summed E-state index contributed by atoms with van der Waals surface area (Å²) in [5.74, 6) is -0.330. The van der Waals surface area contributed by atoms with Crippen LogP contribution in [0, 0.1) is 5.82 Å². The third-order valence-electron chi connectivity index (χ3n) is 3.45. The molecular formula is C16H14Cl2FN. The second kappa shape index (κ2) is 5.72. The Morgan fingerprint density at radius 2 is 1.85 bits per heavy atom. The van der Waals surface area contributed by atoms with E-state index < -0.39 is 0 Å². The Morgan fingerprint density at radius 3 is 2.55 bits per heavy atom. The van der Waals surface area contributed by atoms with E-state index in [4.69, 9.17) is 23.2 Å². The van der Waals surface area contributed by atoms with Crippen molar-refractivity contribution in [3.05, 3.63) is 57.8 Å². The van der Waals surface area contributed by atoms with Crippen LogP contribution in [0.3, 0.4) is 0 Å². The summed E-state index contributed by atoms with van der Waals surface area (Å²) in [6.45, 7) is 0.746. The lowest BCUT2D eigenvalue weighted by atomic mass is 10.0. The second-order valence-corrected chi connectivity index (χ2v) is 5.90. The Kier molecular flexibility index (Phi) is 3.97. The molecule has 1 saturated carbocycles. The van der Waals surface area contributed by atoms with E-state index in [0.29, 0.717) is 11.1 Å². The van der Waals surface area contributed by atoms with Crippen LogP contribution >= 0.6 is 23.2 Å². The van der Waals surface area contributed by atoms with Gasteiger partial charge in [-0.15, -0.1) is 0 Å². The van der Waals surface area contributed by atoms with Gasteiger partial charge >= 0.3 is 0 Å². The minimum absolute atomic E-state index is 0.330. The number of benzene rings is 2. The summed E-state index contributed by atoms with van der Waals surface area (Å²) in [7, 11) is 0. The molecule has 1 N–H and O–H groups in total. The number of rotatable bonds is 4. The van der Waals surface area contributed by atoms with Crippen molar-refractivity contribution in [1.82, 2.24) is 5.32 Å². The van der Waals surface area contributed by atoms with Crippen LogP contribution in [0.1, 0.15) is 18.4 Å². The highest BCUT2D eigenvalue weighted by Gasteiger charge is 2.20. The maximum atomic E-state index is 13.1. The van der Waals surface area contributed by atoms with E-state index in [1.807, 2.05) is 18.2 Å². The van der Waals surface area contributed by atoms with Crippen molar-refractivity contribution in [1.29, 1.82) is 0 Å². The van der Waals surface area contributed by atoms with E-state index in [2.05, 4.69) is 5.32 Å². The summed E-state index contributed by atoms with van der Waals surface area (Å²) in [4.78, 5) is 0. The van der Waals surface area contributed by atoms with Crippen LogP contribution in [-0.4, -0.2) is 6.04 Å². The highest BCUT2D eigenvalue weighted by molar-refractivity contribution is 6.33. The molecule has 0 spiro atoms. The number of hydrogen-bond donors (Lipinski definition) is 1. The standard InChI is InChI=1S/C16H14Cl2FN/c17-15-6-1-10(7-11(15)9-20-13-3-4-13)14-5-2-12(19)8-16(14)18/h1-2,5-8,13,20H,3-4,9H2. The number of halogens is 3. The summed E-state index contributed by atoms with van der Waals surface area (Å²) in [5.41, 5.74) is 2.81. The van der Waals surface area contributed by atoms with Gasteiger partial charge in [-0.05, 0) is 54.3 Å². The molecule has 0 heterocycles. The van der Waals surface area contributed by atoms with Crippen molar-refractivity contribution in [2.24, 2.45) is 0 Å². The molecule has 0 bridgehead atoms. The van der Waals surface area contributed by atoms with Gasteiger partial charge in [-0.3, -0.25) is 0 Å². The smallest absolute Gasteiger partial charge is 0.124 e. The van der Waals surface area contributed by atoms with Gasteiger partial charge < -0.3 is 5.32 Å². The average molecular weight is 310 g/mol. The number of nitrogens with one attached hydrogen (secondary N) is 1. The van der Waals surface area contributed by atoms with Crippen molar-refractivity contribution in [2.45, 2.75) is 25.4 Å². The summed E-state index contributed by atoms with van der Waals surface area (Å²) in [5, 5.41) is 4.59. The van der Waals surface area contributed by atoms with Crippen LogP contribution in [0.5, 0.6) is 0 Å². The minimum Gasteiger partial charge on any atom is -0.310 e. The number of hydrogen-bond acceptors (Lipinski definition) is 1. The molecule has 0 aliphatic heterocycles. The summed E-state index contributed by atoms with van der Waals surface area (Å²) < 4.78 is 13.1. The lowest BCUT2D eigenvalue weighted by molar-refractivity contribution is 0.628. The molecule has 0 amide bonds. The molecule has 0 radical (unpaired) electrons. The molecule has 0 aromatic heterocycles. The lowest BCUT2D eigenvalue weighted by Gasteiger charge is -2.10. The Balaban J connectivity index is 1.90. The zero-order valence-corrected chi connectivity index (χ0v) is 12.3. The minimum atomic E-state index is -0.330. The first kappa shape index (κ1) is 13.9. The van der Waals surface area contributed by atoms with E-state index in [0.717, 1.165) is 28.3 Å². The highest BCUT2D eigenvalue weighted by Crippen LogP contribution is 2.31. The largest absolute Gasteiger partial charge is 0.310 e. The molecule has 1 fully saturated rings. The molecular weight excluding hydrogens is 296 g/mol. The van der Waals surface area contributed by atoms with Gasteiger partial charge in [0.15, 0.2) is 0 Å². The molecule has 0 atom stereocenters. The summed E-state index contributed by atoms with van der Waals surface area (Å²) >= 11 is 12.3. The molecule has 3 rings (SSSR count). The fraction of sp³-hybridized carbons (Fsp3) is 0.250. The van der Waals surface area contributed by atoms with Gasteiger partial charge in [0.25, 0.3) is 0 Å². The van der Waals surface area contributed by atoms with Gasteiger partial charge in [-0.1, -0.05) is 29.3 Å². The van der Waals surface area contributed by atoms with Gasteiger partial charge in [0, 0.05) is 23.2 Å². The van der Waals surface area contributed by atoms with Crippen molar-refractivity contribution in [3.63, 3.8) is 0 Å². The van der Waals surface area contributed by atoms with Crippen molar-refractivity contribution >= 4 is 23.2 Å². The van der Waals surface area contributed by atoms with Gasteiger partial charge in [-0.25, -0.2) is 4.39 Å². The van der Waals surface area contributed by atoms with Gasteiger partial charge in [0.05, 0.1) is 5.02 Å². The van der Waals surface area contributed by atoms with Gasteiger partial charge in [0.1, 0.15) is 5.82 Å². The van der Waals surface area contributed by atoms with Crippen molar-refractivity contribution in [3.8, 4) is 11.1 Å². The monoisotopic (exact) mass is 309 g/mol. The molecule has 0 saturated heterocycles. The molecule has 1 nitrogen and oxygen atoms in total. The topological polar surface area (TPSA) is 12.0 Å². The predicted molar refractivity (Wildman–Crippen MR) is 81.7 cm³/mol. The highest BCUT2D eigenvalue weighted by atomic mass is 35.5. The van der Waals surface area contributed by atoms with Crippen molar-refractivity contribution in [2.75, 3.05) is 0 Å². The molecule has 1 aliphatic carbocycles. The fourth-order valence-electron chi connectivity index (χ4n) is 2.14. The normalized spacial score (nSPS) is 14.6.